The number of anilines is 1. The van der Waals surface area contributed by atoms with Crippen LogP contribution < -0.4 is 10.6 Å². The summed E-state index contributed by atoms with van der Waals surface area (Å²) >= 11 is 0. The molecule has 0 bridgehead atoms. The van der Waals surface area contributed by atoms with Crippen LogP contribution in [0.4, 0.5) is 19.0 Å². The molecule has 2 atom stereocenters. The Kier molecular flexibility index (Phi) is 5.88. The van der Waals surface area contributed by atoms with Gasteiger partial charge in [-0.15, -0.1) is 0 Å². The normalized spacial score (nSPS) is 20.0. The summed E-state index contributed by atoms with van der Waals surface area (Å²) in [5.41, 5.74) is 8.06. The van der Waals surface area contributed by atoms with Crippen molar-refractivity contribution in [2.45, 2.75) is 44.3 Å². The smallest absolute Gasteiger partial charge is 0.353 e. The number of aryl methyl sites for hydroxylation is 1. The average Bonchev–Trinajstić information content (AvgIpc) is 3.14. The fraction of sp³-hybridized carbons (Fsp3) is 0.500. The summed E-state index contributed by atoms with van der Waals surface area (Å²) in [7, 11) is 0. The van der Waals surface area contributed by atoms with Crippen molar-refractivity contribution in [1.29, 1.82) is 0 Å². The van der Waals surface area contributed by atoms with Crippen molar-refractivity contribution in [3.8, 4) is 0 Å². The van der Waals surface area contributed by atoms with E-state index in [1.807, 2.05) is 0 Å². The van der Waals surface area contributed by atoms with Gasteiger partial charge in [0.1, 0.15) is 12.1 Å². The van der Waals surface area contributed by atoms with Crippen molar-refractivity contribution in [2.24, 2.45) is 5.73 Å². The first kappa shape index (κ1) is 21.5. The molecule has 1 aliphatic heterocycles. The van der Waals surface area contributed by atoms with Crippen molar-refractivity contribution in [2.75, 3.05) is 31.1 Å². The molecule has 0 spiro atoms. The molecule has 1 aromatic carbocycles. The highest BCUT2D eigenvalue weighted by molar-refractivity contribution is 5.82. The lowest BCUT2D eigenvalue weighted by Gasteiger charge is -2.37. The van der Waals surface area contributed by atoms with Crippen LogP contribution in [0.2, 0.25) is 0 Å². The maximum Gasteiger partial charge on any atom is 0.416 e. The maximum atomic E-state index is 12.9. The zero-order valence-corrected chi connectivity index (χ0v) is 17.4. The SMILES string of the molecule is CC1CCc2ncnc(N3CCN(C(=O)C(N)Cc4cccc(C(F)(F)F)c4)CC3)c21. The van der Waals surface area contributed by atoms with E-state index in [9.17, 15) is 18.0 Å². The van der Waals surface area contributed by atoms with E-state index in [-0.39, 0.29) is 12.3 Å². The van der Waals surface area contributed by atoms with Crippen molar-refractivity contribution >= 4 is 11.7 Å². The highest BCUT2D eigenvalue weighted by atomic mass is 19.4. The first-order valence-corrected chi connectivity index (χ1v) is 10.5. The third kappa shape index (κ3) is 4.51. The number of benzene rings is 1. The molecule has 1 saturated heterocycles. The number of piperazine rings is 1. The molecule has 2 aromatic rings. The number of alkyl halides is 3. The summed E-state index contributed by atoms with van der Waals surface area (Å²) in [6.07, 6.45) is -0.702. The zero-order valence-electron chi connectivity index (χ0n) is 17.4. The molecule has 9 heteroatoms. The van der Waals surface area contributed by atoms with Crippen molar-refractivity contribution < 1.29 is 18.0 Å². The standard InChI is InChI=1S/C22H26F3N5O/c1-14-5-6-18-19(14)20(28-13-27-18)29-7-9-30(10-8-29)21(31)17(26)12-15-3-2-4-16(11-15)22(23,24)25/h2-4,11,13-14,17H,5-10,12,26H2,1H3. The van der Waals surface area contributed by atoms with Gasteiger partial charge in [-0.1, -0.05) is 25.1 Å². The van der Waals surface area contributed by atoms with Crippen LogP contribution in [0, 0.1) is 0 Å². The molecular formula is C22H26F3N5O. The second-order valence-electron chi connectivity index (χ2n) is 8.32. The van der Waals surface area contributed by atoms with Crippen LogP contribution >= 0.6 is 0 Å². The molecule has 0 saturated carbocycles. The molecule has 31 heavy (non-hydrogen) atoms. The number of amides is 1. The number of nitrogens with zero attached hydrogens (tertiary/aromatic N) is 4. The summed E-state index contributed by atoms with van der Waals surface area (Å²) in [6.45, 7) is 4.46. The van der Waals surface area contributed by atoms with E-state index in [2.05, 4.69) is 21.8 Å². The molecule has 2 N–H and O–H groups in total. The van der Waals surface area contributed by atoms with Crippen LogP contribution in [0.1, 0.15) is 41.6 Å². The van der Waals surface area contributed by atoms with E-state index in [0.717, 1.165) is 36.5 Å². The van der Waals surface area contributed by atoms with Crippen LogP contribution in [-0.2, 0) is 23.8 Å². The van der Waals surface area contributed by atoms with Gasteiger partial charge in [-0.2, -0.15) is 13.2 Å². The minimum atomic E-state index is -4.42. The van der Waals surface area contributed by atoms with Gasteiger partial charge in [0, 0.05) is 37.4 Å². The molecule has 166 valence electrons. The van der Waals surface area contributed by atoms with Gasteiger partial charge in [0.2, 0.25) is 5.91 Å². The van der Waals surface area contributed by atoms with Gasteiger partial charge in [0.15, 0.2) is 0 Å². The average molecular weight is 433 g/mol. The zero-order chi connectivity index (χ0) is 22.2. The van der Waals surface area contributed by atoms with Crippen LogP contribution in [0.5, 0.6) is 0 Å². The van der Waals surface area contributed by atoms with E-state index in [4.69, 9.17) is 5.73 Å². The van der Waals surface area contributed by atoms with Crippen LogP contribution in [0.15, 0.2) is 30.6 Å². The third-order valence-corrected chi connectivity index (χ3v) is 6.17. The first-order valence-electron chi connectivity index (χ1n) is 10.5. The van der Waals surface area contributed by atoms with E-state index in [0.29, 0.717) is 37.7 Å². The molecule has 1 aromatic heterocycles. The quantitative estimate of drug-likeness (QED) is 0.803. The Balaban J connectivity index is 1.37. The summed E-state index contributed by atoms with van der Waals surface area (Å²) in [6, 6.07) is 4.10. The van der Waals surface area contributed by atoms with Crippen LogP contribution in [0.25, 0.3) is 0 Å². The molecule has 6 nitrogen and oxygen atoms in total. The Morgan fingerprint density at radius 1 is 1.23 bits per heavy atom. The molecular weight excluding hydrogens is 407 g/mol. The number of carbonyl (C=O) groups is 1. The Morgan fingerprint density at radius 2 is 1.97 bits per heavy atom. The van der Waals surface area contributed by atoms with E-state index in [1.165, 1.54) is 11.6 Å². The summed E-state index contributed by atoms with van der Waals surface area (Å²) < 4.78 is 38.8. The number of rotatable bonds is 4. The highest BCUT2D eigenvalue weighted by Crippen LogP contribution is 2.37. The van der Waals surface area contributed by atoms with Crippen molar-refractivity contribution in [3.05, 3.63) is 53.0 Å². The lowest BCUT2D eigenvalue weighted by molar-refractivity contribution is -0.137. The Hall–Kier alpha value is -2.68. The van der Waals surface area contributed by atoms with Crippen LogP contribution in [0.3, 0.4) is 0 Å². The second-order valence-corrected chi connectivity index (χ2v) is 8.32. The number of aromatic nitrogens is 2. The van der Waals surface area contributed by atoms with Gasteiger partial charge in [-0.3, -0.25) is 4.79 Å². The van der Waals surface area contributed by atoms with Gasteiger partial charge in [0.05, 0.1) is 11.6 Å². The summed E-state index contributed by atoms with van der Waals surface area (Å²) in [5.74, 6) is 1.14. The second kappa shape index (κ2) is 8.45. The number of halogens is 3. The fourth-order valence-electron chi connectivity index (χ4n) is 4.46. The van der Waals surface area contributed by atoms with Gasteiger partial charge in [0.25, 0.3) is 0 Å². The largest absolute Gasteiger partial charge is 0.416 e. The van der Waals surface area contributed by atoms with Crippen molar-refractivity contribution in [3.63, 3.8) is 0 Å². The van der Waals surface area contributed by atoms with E-state index in [1.54, 1.807) is 17.3 Å². The molecule has 1 fully saturated rings. The van der Waals surface area contributed by atoms with Gasteiger partial charge >= 0.3 is 6.18 Å². The Bertz CT molecular complexity index is 956. The van der Waals surface area contributed by atoms with E-state index >= 15 is 0 Å². The minimum absolute atomic E-state index is 0.0693. The maximum absolute atomic E-state index is 12.9. The Labute approximate surface area is 179 Å². The highest BCUT2D eigenvalue weighted by Gasteiger charge is 2.32. The number of hydrogen-bond donors (Lipinski definition) is 1. The topological polar surface area (TPSA) is 75.4 Å². The number of carbonyl (C=O) groups excluding carboxylic acids is 1. The molecule has 1 amide bonds. The van der Waals surface area contributed by atoms with Gasteiger partial charge < -0.3 is 15.5 Å². The van der Waals surface area contributed by atoms with Gasteiger partial charge in [-0.25, -0.2) is 9.97 Å². The predicted octanol–water partition coefficient (Wildman–Crippen LogP) is 2.76. The monoisotopic (exact) mass is 433 g/mol. The fourth-order valence-corrected chi connectivity index (χ4v) is 4.46. The van der Waals surface area contributed by atoms with Gasteiger partial charge in [-0.05, 0) is 36.8 Å². The molecule has 1 aliphatic carbocycles. The van der Waals surface area contributed by atoms with Crippen LogP contribution in [-0.4, -0.2) is 53.0 Å². The number of fused-ring (bicyclic) bond motifs is 1. The molecule has 0 radical (unpaired) electrons. The Morgan fingerprint density at radius 3 is 2.68 bits per heavy atom. The minimum Gasteiger partial charge on any atom is -0.353 e. The van der Waals surface area contributed by atoms with E-state index < -0.39 is 17.8 Å². The first-order chi connectivity index (χ1) is 14.7. The molecule has 2 aliphatic rings. The molecule has 2 unspecified atom stereocenters. The number of hydrogen-bond acceptors (Lipinski definition) is 5. The molecule has 2 heterocycles. The molecule has 4 rings (SSSR count). The summed E-state index contributed by atoms with van der Waals surface area (Å²) in [5, 5.41) is 0. The predicted molar refractivity (Wildman–Crippen MR) is 111 cm³/mol. The lowest BCUT2D eigenvalue weighted by atomic mass is 10.0. The summed E-state index contributed by atoms with van der Waals surface area (Å²) in [4.78, 5) is 25.6. The van der Waals surface area contributed by atoms with Crippen molar-refractivity contribution in [1.82, 2.24) is 14.9 Å². The number of nitrogens with two attached hydrogens (primary N) is 1. The lowest BCUT2D eigenvalue weighted by Crippen LogP contribution is -2.54. The third-order valence-electron chi connectivity index (χ3n) is 6.17.